The monoisotopic (exact) mass is 298 g/mol. The van der Waals surface area contributed by atoms with E-state index in [4.69, 9.17) is 5.11 Å². The highest BCUT2D eigenvalue weighted by Crippen LogP contribution is 2.22. The van der Waals surface area contributed by atoms with Crippen LogP contribution in [0.1, 0.15) is 16.8 Å². The number of amides is 2. The molecule has 1 aromatic rings. The number of aromatic carboxylic acids is 1. The van der Waals surface area contributed by atoms with E-state index >= 15 is 0 Å². The van der Waals surface area contributed by atoms with E-state index < -0.39 is 17.8 Å². The molecular weight excluding hydrogens is 283 g/mol. The molecule has 0 spiro atoms. The van der Waals surface area contributed by atoms with E-state index in [9.17, 15) is 14.0 Å². The van der Waals surface area contributed by atoms with Gasteiger partial charge in [-0.15, -0.1) is 0 Å². The molecule has 1 atom stereocenters. The summed E-state index contributed by atoms with van der Waals surface area (Å²) in [5.74, 6) is 0.728. The molecule has 0 aliphatic carbocycles. The molecule has 0 saturated carbocycles. The normalized spacial score (nSPS) is 17.8. The molecule has 5 nitrogen and oxygen atoms in total. The second-order valence-electron chi connectivity index (χ2n) is 4.56. The van der Waals surface area contributed by atoms with Gasteiger partial charge < -0.3 is 15.7 Å². The number of nitrogens with one attached hydrogen (secondary N) is 2. The molecule has 1 aromatic carbocycles. The summed E-state index contributed by atoms with van der Waals surface area (Å²) in [4.78, 5) is 22.5. The molecule has 1 heterocycles. The highest BCUT2D eigenvalue weighted by atomic mass is 32.2. The molecule has 1 aliphatic heterocycles. The SMILES string of the molecule is O=C(NCC1CCSC1)Nc1cc(C(=O)O)ccc1F. The molecule has 1 unspecified atom stereocenters. The van der Waals surface area contributed by atoms with Crippen molar-refractivity contribution in [3.63, 3.8) is 0 Å². The first-order valence-electron chi connectivity index (χ1n) is 6.21. The Balaban J connectivity index is 1.92. The van der Waals surface area contributed by atoms with E-state index in [1.807, 2.05) is 11.8 Å². The number of hydrogen-bond acceptors (Lipinski definition) is 3. The molecular formula is C13H15FN2O3S. The van der Waals surface area contributed by atoms with Crippen LogP contribution in [-0.4, -0.2) is 35.2 Å². The van der Waals surface area contributed by atoms with Gasteiger partial charge in [-0.3, -0.25) is 0 Å². The number of carboxylic acid groups (broad SMARTS) is 1. The van der Waals surface area contributed by atoms with E-state index in [2.05, 4.69) is 10.6 Å². The number of carboxylic acids is 1. The number of benzene rings is 1. The molecule has 2 amide bonds. The molecule has 1 aliphatic rings. The maximum Gasteiger partial charge on any atom is 0.335 e. The van der Waals surface area contributed by atoms with Crippen molar-refractivity contribution in [2.24, 2.45) is 5.92 Å². The lowest BCUT2D eigenvalue weighted by Crippen LogP contribution is -2.33. The summed E-state index contributed by atoms with van der Waals surface area (Å²) in [6, 6.07) is 2.75. The van der Waals surface area contributed by atoms with Crippen molar-refractivity contribution in [2.75, 3.05) is 23.4 Å². The first-order chi connectivity index (χ1) is 9.56. The molecule has 0 bridgehead atoms. The first-order valence-corrected chi connectivity index (χ1v) is 7.37. The Morgan fingerprint density at radius 2 is 2.25 bits per heavy atom. The zero-order valence-electron chi connectivity index (χ0n) is 10.7. The maximum absolute atomic E-state index is 13.5. The third-order valence-electron chi connectivity index (χ3n) is 3.04. The fraction of sp³-hybridized carbons (Fsp3) is 0.385. The fourth-order valence-corrected chi connectivity index (χ4v) is 3.19. The molecule has 1 saturated heterocycles. The van der Waals surface area contributed by atoms with Crippen molar-refractivity contribution in [1.29, 1.82) is 0 Å². The van der Waals surface area contributed by atoms with Gasteiger partial charge in [0.1, 0.15) is 5.82 Å². The minimum atomic E-state index is -1.17. The molecule has 0 radical (unpaired) electrons. The Labute approximate surface area is 119 Å². The van der Waals surface area contributed by atoms with Crippen LogP contribution in [0.2, 0.25) is 0 Å². The van der Waals surface area contributed by atoms with Crippen molar-refractivity contribution < 1.29 is 19.1 Å². The smallest absolute Gasteiger partial charge is 0.335 e. The molecule has 3 N–H and O–H groups in total. The Morgan fingerprint density at radius 3 is 2.90 bits per heavy atom. The van der Waals surface area contributed by atoms with Gasteiger partial charge in [-0.05, 0) is 42.0 Å². The summed E-state index contributed by atoms with van der Waals surface area (Å²) in [6.45, 7) is 0.541. The number of urea groups is 1. The van der Waals surface area contributed by atoms with Crippen LogP contribution >= 0.6 is 11.8 Å². The molecule has 7 heteroatoms. The zero-order chi connectivity index (χ0) is 14.5. The average Bonchev–Trinajstić information content (AvgIpc) is 2.92. The summed E-state index contributed by atoms with van der Waals surface area (Å²) in [5.41, 5.74) is -0.211. The van der Waals surface area contributed by atoms with Crippen LogP contribution in [0.3, 0.4) is 0 Å². The van der Waals surface area contributed by atoms with Crippen LogP contribution < -0.4 is 10.6 Å². The number of anilines is 1. The standard InChI is InChI=1S/C13H15FN2O3S/c14-10-2-1-9(12(17)18)5-11(10)16-13(19)15-6-8-3-4-20-7-8/h1-2,5,8H,3-4,6-7H2,(H,17,18)(H2,15,16,19). The van der Waals surface area contributed by atoms with Crippen molar-refractivity contribution in [2.45, 2.75) is 6.42 Å². The lowest BCUT2D eigenvalue weighted by atomic mass is 10.1. The minimum Gasteiger partial charge on any atom is -0.478 e. The van der Waals surface area contributed by atoms with Crippen molar-refractivity contribution in [3.8, 4) is 0 Å². The van der Waals surface area contributed by atoms with E-state index in [-0.39, 0.29) is 11.3 Å². The lowest BCUT2D eigenvalue weighted by Gasteiger charge is -2.12. The largest absolute Gasteiger partial charge is 0.478 e. The van der Waals surface area contributed by atoms with E-state index in [0.29, 0.717) is 12.5 Å². The van der Waals surface area contributed by atoms with Gasteiger partial charge in [0, 0.05) is 6.54 Å². The minimum absolute atomic E-state index is 0.0751. The van der Waals surface area contributed by atoms with Gasteiger partial charge in [-0.25, -0.2) is 14.0 Å². The van der Waals surface area contributed by atoms with Crippen LogP contribution in [-0.2, 0) is 0 Å². The lowest BCUT2D eigenvalue weighted by molar-refractivity contribution is 0.0697. The Bertz CT molecular complexity index is 518. The highest BCUT2D eigenvalue weighted by molar-refractivity contribution is 7.99. The summed E-state index contributed by atoms with van der Waals surface area (Å²) < 4.78 is 13.5. The van der Waals surface area contributed by atoms with Crippen LogP contribution in [0, 0.1) is 11.7 Å². The summed E-state index contributed by atoms with van der Waals surface area (Å²) in [7, 11) is 0. The van der Waals surface area contributed by atoms with E-state index in [0.717, 1.165) is 36.1 Å². The molecule has 108 valence electrons. The van der Waals surface area contributed by atoms with Gasteiger partial charge in [0.2, 0.25) is 0 Å². The third-order valence-corrected chi connectivity index (χ3v) is 4.27. The number of rotatable bonds is 4. The number of carbonyl (C=O) groups is 2. The van der Waals surface area contributed by atoms with Gasteiger partial charge in [0.25, 0.3) is 0 Å². The third kappa shape index (κ3) is 3.86. The van der Waals surface area contributed by atoms with Gasteiger partial charge in [0.15, 0.2) is 0 Å². The Hall–Kier alpha value is -1.76. The average molecular weight is 298 g/mol. The predicted octanol–water partition coefficient (Wildman–Crippen LogP) is 2.40. The second-order valence-corrected chi connectivity index (χ2v) is 5.71. The van der Waals surface area contributed by atoms with Gasteiger partial charge >= 0.3 is 12.0 Å². The van der Waals surface area contributed by atoms with Gasteiger partial charge in [-0.1, -0.05) is 0 Å². The van der Waals surface area contributed by atoms with Crippen molar-refractivity contribution >= 4 is 29.4 Å². The van der Waals surface area contributed by atoms with Crippen molar-refractivity contribution in [3.05, 3.63) is 29.6 Å². The Morgan fingerprint density at radius 1 is 1.45 bits per heavy atom. The number of thioether (sulfide) groups is 1. The highest BCUT2D eigenvalue weighted by Gasteiger charge is 2.17. The van der Waals surface area contributed by atoms with Crippen LogP contribution in [0.4, 0.5) is 14.9 Å². The van der Waals surface area contributed by atoms with E-state index in [1.54, 1.807) is 0 Å². The fourth-order valence-electron chi connectivity index (χ4n) is 1.90. The topological polar surface area (TPSA) is 78.4 Å². The number of hydrogen-bond donors (Lipinski definition) is 3. The quantitative estimate of drug-likeness (QED) is 0.797. The molecule has 0 aromatic heterocycles. The molecule has 1 fully saturated rings. The Kier molecular flexibility index (Phi) is 4.84. The maximum atomic E-state index is 13.5. The zero-order valence-corrected chi connectivity index (χ0v) is 11.5. The van der Waals surface area contributed by atoms with Crippen LogP contribution in [0.15, 0.2) is 18.2 Å². The summed E-state index contributed by atoms with van der Waals surface area (Å²) in [6.07, 6.45) is 1.06. The number of halogens is 1. The second kappa shape index (κ2) is 6.60. The summed E-state index contributed by atoms with van der Waals surface area (Å²) in [5, 5.41) is 13.8. The van der Waals surface area contributed by atoms with Crippen LogP contribution in [0.25, 0.3) is 0 Å². The molecule has 2 rings (SSSR count). The van der Waals surface area contributed by atoms with Gasteiger partial charge in [-0.2, -0.15) is 11.8 Å². The first kappa shape index (κ1) is 14.6. The van der Waals surface area contributed by atoms with Crippen molar-refractivity contribution in [1.82, 2.24) is 5.32 Å². The van der Waals surface area contributed by atoms with E-state index in [1.165, 1.54) is 0 Å². The summed E-state index contributed by atoms with van der Waals surface area (Å²) >= 11 is 1.85. The van der Waals surface area contributed by atoms with Crippen LogP contribution in [0.5, 0.6) is 0 Å². The predicted molar refractivity (Wildman–Crippen MR) is 75.8 cm³/mol. The number of carbonyl (C=O) groups excluding carboxylic acids is 1. The van der Waals surface area contributed by atoms with Gasteiger partial charge in [0.05, 0.1) is 11.3 Å². The molecule has 20 heavy (non-hydrogen) atoms.